The number of ketones is 1. The molecule has 2 aromatic carbocycles. The summed E-state index contributed by atoms with van der Waals surface area (Å²) in [4.78, 5) is 16.2. The molecule has 0 aliphatic rings. The van der Waals surface area contributed by atoms with Crippen molar-refractivity contribution in [1.29, 1.82) is 0 Å². The lowest BCUT2D eigenvalue weighted by molar-refractivity contribution is 0.0983. The van der Waals surface area contributed by atoms with Crippen molar-refractivity contribution in [1.82, 2.24) is 10.1 Å². The van der Waals surface area contributed by atoms with E-state index in [2.05, 4.69) is 10.1 Å². The number of aromatic nitrogens is 2. The molecule has 104 valence electrons. The summed E-state index contributed by atoms with van der Waals surface area (Å²) in [5.74, 6) is 0.153. The molecule has 0 aliphatic carbocycles. The summed E-state index contributed by atoms with van der Waals surface area (Å²) in [6.07, 6.45) is 0.0399. The van der Waals surface area contributed by atoms with E-state index in [1.807, 2.05) is 6.07 Å². The zero-order valence-electron chi connectivity index (χ0n) is 11.0. The zero-order valence-corrected chi connectivity index (χ0v) is 11.0. The van der Waals surface area contributed by atoms with Gasteiger partial charge < -0.3 is 4.52 Å². The van der Waals surface area contributed by atoms with Crippen LogP contribution in [0.4, 0.5) is 4.39 Å². The van der Waals surface area contributed by atoms with E-state index in [1.165, 1.54) is 12.1 Å². The van der Waals surface area contributed by atoms with Gasteiger partial charge in [0, 0.05) is 11.1 Å². The first-order chi connectivity index (χ1) is 10.2. The lowest BCUT2D eigenvalue weighted by atomic mass is 10.1. The van der Waals surface area contributed by atoms with E-state index in [0.717, 1.165) is 0 Å². The van der Waals surface area contributed by atoms with E-state index < -0.39 is 0 Å². The molecule has 0 radical (unpaired) electrons. The Morgan fingerprint density at radius 3 is 2.48 bits per heavy atom. The van der Waals surface area contributed by atoms with Gasteiger partial charge in [-0.05, 0) is 24.3 Å². The highest BCUT2D eigenvalue weighted by atomic mass is 19.1. The van der Waals surface area contributed by atoms with Crippen LogP contribution in [0.3, 0.4) is 0 Å². The van der Waals surface area contributed by atoms with Gasteiger partial charge in [0.2, 0.25) is 11.7 Å². The molecule has 0 aliphatic heterocycles. The molecule has 0 fully saturated rings. The van der Waals surface area contributed by atoms with Crippen LogP contribution in [0.5, 0.6) is 0 Å². The fourth-order valence-corrected chi connectivity index (χ4v) is 1.91. The number of benzene rings is 2. The molecule has 0 bridgehead atoms. The van der Waals surface area contributed by atoms with Crippen LogP contribution in [0, 0.1) is 5.82 Å². The van der Waals surface area contributed by atoms with Crippen molar-refractivity contribution in [3.8, 4) is 11.4 Å². The molecular formula is C16H11FN2O2. The molecule has 5 heteroatoms. The van der Waals surface area contributed by atoms with Crippen LogP contribution in [-0.2, 0) is 6.42 Å². The van der Waals surface area contributed by atoms with Crippen molar-refractivity contribution >= 4 is 5.78 Å². The second-order valence-electron chi connectivity index (χ2n) is 4.48. The molecule has 3 aromatic rings. The maximum atomic E-state index is 12.9. The third-order valence-corrected chi connectivity index (χ3v) is 2.98. The summed E-state index contributed by atoms with van der Waals surface area (Å²) in [7, 11) is 0. The average Bonchev–Trinajstić information content (AvgIpc) is 2.97. The Hall–Kier alpha value is -2.82. The van der Waals surface area contributed by atoms with Crippen LogP contribution in [0.1, 0.15) is 16.2 Å². The van der Waals surface area contributed by atoms with Crippen LogP contribution < -0.4 is 0 Å². The maximum absolute atomic E-state index is 12.9. The molecule has 21 heavy (non-hydrogen) atoms. The summed E-state index contributed by atoms with van der Waals surface area (Å²) in [6, 6.07) is 14.7. The van der Waals surface area contributed by atoms with Gasteiger partial charge in [0.05, 0.1) is 6.42 Å². The number of nitrogens with zero attached hydrogens (tertiary/aromatic N) is 2. The van der Waals surface area contributed by atoms with Gasteiger partial charge in [-0.2, -0.15) is 4.98 Å². The summed E-state index contributed by atoms with van der Waals surface area (Å²) >= 11 is 0. The van der Waals surface area contributed by atoms with E-state index in [0.29, 0.717) is 17.0 Å². The molecule has 0 amide bonds. The van der Waals surface area contributed by atoms with Crippen molar-refractivity contribution in [2.45, 2.75) is 6.42 Å². The van der Waals surface area contributed by atoms with Gasteiger partial charge in [-0.1, -0.05) is 35.5 Å². The van der Waals surface area contributed by atoms with Crippen LogP contribution in [-0.4, -0.2) is 15.9 Å². The highest BCUT2D eigenvalue weighted by Crippen LogP contribution is 2.16. The predicted octanol–water partition coefficient (Wildman–Crippen LogP) is 3.30. The molecule has 0 spiro atoms. The van der Waals surface area contributed by atoms with E-state index in [9.17, 15) is 9.18 Å². The number of hydrogen-bond acceptors (Lipinski definition) is 4. The number of Topliss-reactive ketones (excluding diaryl/α,β-unsaturated/α-hetero) is 1. The van der Waals surface area contributed by atoms with E-state index in [1.54, 1.807) is 36.4 Å². The quantitative estimate of drug-likeness (QED) is 0.689. The summed E-state index contributed by atoms with van der Waals surface area (Å²) < 4.78 is 17.9. The van der Waals surface area contributed by atoms with E-state index in [-0.39, 0.29) is 23.9 Å². The smallest absolute Gasteiger partial charge is 0.234 e. The second-order valence-corrected chi connectivity index (χ2v) is 4.48. The van der Waals surface area contributed by atoms with Gasteiger partial charge in [0.25, 0.3) is 0 Å². The fraction of sp³-hybridized carbons (Fsp3) is 0.0625. The number of hydrogen-bond donors (Lipinski definition) is 0. The van der Waals surface area contributed by atoms with Gasteiger partial charge in [-0.25, -0.2) is 4.39 Å². The first-order valence-electron chi connectivity index (χ1n) is 6.39. The lowest BCUT2D eigenvalue weighted by Crippen LogP contribution is -2.03. The Morgan fingerprint density at radius 2 is 1.76 bits per heavy atom. The SMILES string of the molecule is O=C(Cc1nc(-c2ccc(F)cc2)no1)c1ccccc1. The van der Waals surface area contributed by atoms with Crippen LogP contribution in [0.2, 0.25) is 0 Å². The third kappa shape index (κ3) is 3.02. The van der Waals surface area contributed by atoms with Crippen molar-refractivity contribution < 1.29 is 13.7 Å². The summed E-state index contributed by atoms with van der Waals surface area (Å²) in [6.45, 7) is 0. The van der Waals surface area contributed by atoms with Crippen molar-refractivity contribution in [2.24, 2.45) is 0 Å². The van der Waals surface area contributed by atoms with Crippen molar-refractivity contribution in [3.63, 3.8) is 0 Å². The molecule has 0 saturated carbocycles. The second kappa shape index (κ2) is 5.66. The summed E-state index contributed by atoms with van der Waals surface area (Å²) in [5.41, 5.74) is 1.23. The molecule has 0 saturated heterocycles. The Labute approximate surface area is 120 Å². The van der Waals surface area contributed by atoms with Crippen molar-refractivity contribution in [3.05, 3.63) is 71.9 Å². The highest BCUT2D eigenvalue weighted by Gasteiger charge is 2.13. The highest BCUT2D eigenvalue weighted by molar-refractivity contribution is 5.96. The minimum Gasteiger partial charge on any atom is -0.338 e. The fourth-order valence-electron chi connectivity index (χ4n) is 1.91. The Kier molecular flexibility index (Phi) is 3.55. The molecule has 0 unspecified atom stereocenters. The Morgan fingerprint density at radius 1 is 1.05 bits per heavy atom. The minimum atomic E-state index is -0.332. The predicted molar refractivity (Wildman–Crippen MR) is 74.2 cm³/mol. The molecular weight excluding hydrogens is 271 g/mol. The zero-order chi connectivity index (χ0) is 14.7. The Bertz CT molecular complexity index is 751. The topological polar surface area (TPSA) is 56.0 Å². The standard InChI is InChI=1S/C16H11FN2O2/c17-13-8-6-12(7-9-13)16-18-15(21-19-16)10-14(20)11-4-2-1-3-5-11/h1-9H,10H2. The monoisotopic (exact) mass is 282 g/mol. The normalized spacial score (nSPS) is 10.5. The number of halogens is 1. The van der Waals surface area contributed by atoms with Gasteiger partial charge in [-0.3, -0.25) is 4.79 Å². The molecule has 3 rings (SSSR count). The van der Waals surface area contributed by atoms with Gasteiger partial charge >= 0.3 is 0 Å². The van der Waals surface area contributed by atoms with Crippen LogP contribution >= 0.6 is 0 Å². The molecule has 0 atom stereocenters. The van der Waals surface area contributed by atoms with E-state index in [4.69, 9.17) is 4.52 Å². The van der Waals surface area contributed by atoms with Gasteiger partial charge in [0.1, 0.15) is 5.82 Å². The first-order valence-corrected chi connectivity index (χ1v) is 6.39. The van der Waals surface area contributed by atoms with Gasteiger partial charge in [-0.15, -0.1) is 0 Å². The minimum absolute atomic E-state index is 0.0399. The number of carbonyl (C=O) groups excluding carboxylic acids is 1. The maximum Gasteiger partial charge on any atom is 0.234 e. The largest absolute Gasteiger partial charge is 0.338 e. The average molecular weight is 282 g/mol. The number of rotatable bonds is 4. The Balaban J connectivity index is 1.76. The lowest BCUT2D eigenvalue weighted by Gasteiger charge is -1.96. The van der Waals surface area contributed by atoms with Crippen LogP contribution in [0.25, 0.3) is 11.4 Å². The molecule has 1 aromatic heterocycles. The van der Waals surface area contributed by atoms with E-state index >= 15 is 0 Å². The number of carbonyl (C=O) groups is 1. The van der Waals surface area contributed by atoms with Crippen molar-refractivity contribution in [2.75, 3.05) is 0 Å². The molecule has 1 heterocycles. The first kappa shape index (κ1) is 13.2. The summed E-state index contributed by atoms with van der Waals surface area (Å²) in [5, 5.41) is 3.80. The van der Waals surface area contributed by atoms with Gasteiger partial charge in [0.15, 0.2) is 5.78 Å². The third-order valence-electron chi connectivity index (χ3n) is 2.98. The molecule has 4 nitrogen and oxygen atoms in total. The van der Waals surface area contributed by atoms with Crippen LogP contribution in [0.15, 0.2) is 59.1 Å². The molecule has 0 N–H and O–H groups in total.